The van der Waals surface area contributed by atoms with Gasteiger partial charge in [-0.3, -0.25) is 0 Å². The number of hydrogen-bond acceptors (Lipinski definition) is 8. The molecule has 7 rings (SSSR count). The van der Waals surface area contributed by atoms with Crippen molar-refractivity contribution in [1.29, 1.82) is 0 Å². The van der Waals surface area contributed by atoms with E-state index in [9.17, 15) is 0 Å². The number of para-hydroxylation sites is 3. The number of aryl methyl sites for hydroxylation is 1. The lowest BCUT2D eigenvalue weighted by molar-refractivity contribution is 0.276. The fourth-order valence-corrected chi connectivity index (χ4v) is 4.85. The fourth-order valence-electron chi connectivity index (χ4n) is 4.85. The Labute approximate surface area is 217 Å². The summed E-state index contributed by atoms with van der Waals surface area (Å²) in [5.74, 6) is 3.15. The molecule has 0 bridgehead atoms. The van der Waals surface area contributed by atoms with Gasteiger partial charge in [0.05, 0.1) is 41.8 Å². The molecule has 5 heterocycles. The van der Waals surface area contributed by atoms with Gasteiger partial charge in [0.15, 0.2) is 23.0 Å². The van der Waals surface area contributed by atoms with Crippen molar-refractivity contribution in [1.82, 2.24) is 29.4 Å². The van der Waals surface area contributed by atoms with Crippen LogP contribution in [0, 0.1) is 6.92 Å². The molecule has 188 valence electrons. The molecule has 0 radical (unpaired) electrons. The summed E-state index contributed by atoms with van der Waals surface area (Å²) in [6, 6.07) is 21.1. The van der Waals surface area contributed by atoms with Crippen LogP contribution in [0.4, 0.5) is 0 Å². The summed E-state index contributed by atoms with van der Waals surface area (Å²) in [6.07, 6.45) is 3.25. The first kappa shape index (κ1) is 22.1. The Morgan fingerprint density at radius 1 is 0.921 bits per heavy atom. The lowest BCUT2D eigenvalue weighted by Gasteiger charge is -2.24. The maximum Gasteiger partial charge on any atom is 0.230 e. The van der Waals surface area contributed by atoms with Crippen molar-refractivity contribution in [3.63, 3.8) is 0 Å². The second-order valence-electron chi connectivity index (χ2n) is 8.80. The number of hydrogen-bond donors (Lipinski definition) is 0. The van der Waals surface area contributed by atoms with E-state index in [4.69, 9.17) is 28.7 Å². The van der Waals surface area contributed by atoms with Crippen molar-refractivity contribution in [3.8, 4) is 28.9 Å². The highest BCUT2D eigenvalue weighted by molar-refractivity contribution is 5.65. The molecular formula is C28H22N6O4. The monoisotopic (exact) mass is 506 g/mol. The predicted molar refractivity (Wildman–Crippen MR) is 136 cm³/mol. The lowest BCUT2D eigenvalue weighted by atomic mass is 9.88. The summed E-state index contributed by atoms with van der Waals surface area (Å²) in [6.45, 7) is 2.12. The summed E-state index contributed by atoms with van der Waals surface area (Å²) in [5, 5.41) is 9.43. The number of methoxy groups -OCH3 is 1. The van der Waals surface area contributed by atoms with Crippen molar-refractivity contribution in [2.45, 2.75) is 19.4 Å². The van der Waals surface area contributed by atoms with Gasteiger partial charge in [-0.25, -0.2) is 19.2 Å². The van der Waals surface area contributed by atoms with Gasteiger partial charge in [-0.1, -0.05) is 30.3 Å². The van der Waals surface area contributed by atoms with Gasteiger partial charge in [0.1, 0.15) is 18.7 Å². The van der Waals surface area contributed by atoms with Crippen molar-refractivity contribution in [2.75, 3.05) is 7.11 Å². The third-order valence-electron chi connectivity index (χ3n) is 6.52. The number of furan rings is 1. The average molecular weight is 507 g/mol. The van der Waals surface area contributed by atoms with Crippen LogP contribution in [0.25, 0.3) is 11.3 Å². The Bertz CT molecular complexity index is 1760. The molecule has 1 aliphatic heterocycles. The minimum Gasteiger partial charge on any atom is -0.493 e. The number of rotatable bonds is 6. The first-order valence-electron chi connectivity index (χ1n) is 12.1. The maximum atomic E-state index is 6.41. The van der Waals surface area contributed by atoms with E-state index in [0.717, 1.165) is 28.3 Å². The topological polar surface area (TPSA) is 102 Å². The van der Waals surface area contributed by atoms with Crippen LogP contribution in [0.3, 0.4) is 0 Å². The third kappa shape index (κ3) is 3.49. The first-order chi connectivity index (χ1) is 18.7. The van der Waals surface area contributed by atoms with E-state index in [1.54, 1.807) is 28.9 Å². The van der Waals surface area contributed by atoms with Gasteiger partial charge in [-0.15, -0.1) is 5.10 Å². The van der Waals surface area contributed by atoms with Crippen LogP contribution in [-0.4, -0.2) is 36.5 Å². The van der Waals surface area contributed by atoms with Crippen LogP contribution in [0.1, 0.15) is 34.3 Å². The number of benzene rings is 2. The highest BCUT2D eigenvalue weighted by Crippen LogP contribution is 2.49. The molecule has 1 aliphatic rings. The molecule has 4 aromatic heterocycles. The van der Waals surface area contributed by atoms with E-state index in [0.29, 0.717) is 34.7 Å². The molecule has 2 aromatic carbocycles. The molecule has 0 spiro atoms. The van der Waals surface area contributed by atoms with Crippen molar-refractivity contribution in [3.05, 3.63) is 108 Å². The number of nitrogens with zero attached hydrogens (tertiary/aromatic N) is 6. The van der Waals surface area contributed by atoms with Gasteiger partial charge in [-0.2, -0.15) is 5.10 Å². The molecule has 1 atom stereocenters. The van der Waals surface area contributed by atoms with Gasteiger partial charge >= 0.3 is 0 Å². The van der Waals surface area contributed by atoms with Gasteiger partial charge in [-0.05, 0) is 43.3 Å². The molecule has 10 heteroatoms. The molecular weight excluding hydrogens is 484 g/mol. The summed E-state index contributed by atoms with van der Waals surface area (Å²) < 4.78 is 27.1. The lowest BCUT2D eigenvalue weighted by Crippen LogP contribution is -2.15. The zero-order chi connectivity index (χ0) is 25.6. The van der Waals surface area contributed by atoms with Crippen LogP contribution in [0.15, 0.2) is 83.7 Å². The quantitative estimate of drug-likeness (QED) is 0.308. The molecule has 0 fully saturated rings. The minimum atomic E-state index is -0.343. The van der Waals surface area contributed by atoms with Gasteiger partial charge in [0.2, 0.25) is 11.8 Å². The SMILES string of the molecule is COc1ccccc1OCc1nc2c3c(ncn2n1)Oc1c(c(C)nn1-c1ccccc1)C3c1ccco1. The van der Waals surface area contributed by atoms with Crippen LogP contribution in [0.2, 0.25) is 0 Å². The Balaban J connectivity index is 1.34. The molecule has 6 aromatic rings. The van der Waals surface area contributed by atoms with E-state index in [-0.39, 0.29) is 12.5 Å². The van der Waals surface area contributed by atoms with Gasteiger partial charge in [0, 0.05) is 0 Å². The number of fused-ring (bicyclic) bond motifs is 4. The second-order valence-corrected chi connectivity index (χ2v) is 8.80. The molecule has 0 amide bonds. The second kappa shape index (κ2) is 8.77. The van der Waals surface area contributed by atoms with Crippen LogP contribution in [0.5, 0.6) is 23.3 Å². The Morgan fingerprint density at radius 2 is 1.74 bits per heavy atom. The Morgan fingerprint density at radius 3 is 2.53 bits per heavy atom. The highest BCUT2D eigenvalue weighted by Gasteiger charge is 2.39. The highest BCUT2D eigenvalue weighted by atomic mass is 16.5. The van der Waals surface area contributed by atoms with E-state index in [2.05, 4.69) is 10.1 Å². The zero-order valence-corrected chi connectivity index (χ0v) is 20.6. The van der Waals surface area contributed by atoms with Crippen LogP contribution >= 0.6 is 0 Å². The summed E-state index contributed by atoms with van der Waals surface area (Å²) >= 11 is 0. The van der Waals surface area contributed by atoms with Crippen molar-refractivity contribution >= 4 is 5.65 Å². The van der Waals surface area contributed by atoms with Gasteiger partial charge < -0.3 is 18.6 Å². The van der Waals surface area contributed by atoms with Crippen LogP contribution in [-0.2, 0) is 6.61 Å². The number of aromatic nitrogens is 6. The molecule has 38 heavy (non-hydrogen) atoms. The summed E-state index contributed by atoms with van der Waals surface area (Å²) in [5.41, 5.74) is 3.95. The average Bonchev–Trinajstić information content (AvgIpc) is 3.71. The Kier molecular flexibility index (Phi) is 5.10. The predicted octanol–water partition coefficient (Wildman–Crippen LogP) is 5.08. The molecule has 0 aliphatic carbocycles. The largest absolute Gasteiger partial charge is 0.493 e. The van der Waals surface area contributed by atoms with Crippen molar-refractivity contribution < 1.29 is 18.6 Å². The molecule has 10 nitrogen and oxygen atoms in total. The third-order valence-corrected chi connectivity index (χ3v) is 6.52. The smallest absolute Gasteiger partial charge is 0.230 e. The maximum absolute atomic E-state index is 6.41. The van der Waals surface area contributed by atoms with E-state index in [1.807, 2.05) is 73.7 Å². The van der Waals surface area contributed by atoms with Crippen molar-refractivity contribution in [2.24, 2.45) is 0 Å². The van der Waals surface area contributed by atoms with Gasteiger partial charge in [0.25, 0.3) is 0 Å². The fraction of sp³-hybridized carbons (Fsp3) is 0.143. The van der Waals surface area contributed by atoms with Crippen LogP contribution < -0.4 is 14.2 Å². The molecule has 0 saturated heterocycles. The summed E-state index contributed by atoms with van der Waals surface area (Å²) in [7, 11) is 1.61. The van der Waals surface area contributed by atoms with E-state index >= 15 is 0 Å². The Hall–Kier alpha value is -5.12. The minimum absolute atomic E-state index is 0.152. The summed E-state index contributed by atoms with van der Waals surface area (Å²) in [4.78, 5) is 9.43. The molecule has 1 unspecified atom stereocenters. The van der Waals surface area contributed by atoms with E-state index in [1.165, 1.54) is 0 Å². The normalized spacial score (nSPS) is 14.1. The standard InChI is InChI=1S/C28H22N6O4/c1-17-23-24(21-13-8-14-36-21)25-26-30-22(15-37-20-12-7-6-11-19(20)35-2)32-33(26)16-29-27(25)38-28(23)34(31-17)18-9-4-3-5-10-18/h3-14,16,24H,15H2,1-2H3. The zero-order valence-electron chi connectivity index (χ0n) is 20.6. The number of ether oxygens (including phenoxy) is 3. The van der Waals surface area contributed by atoms with E-state index < -0.39 is 0 Å². The molecule has 0 N–H and O–H groups in total. The first-order valence-corrected chi connectivity index (χ1v) is 12.1. The molecule has 0 saturated carbocycles.